The lowest BCUT2D eigenvalue weighted by Gasteiger charge is -2.00. The van der Waals surface area contributed by atoms with E-state index in [2.05, 4.69) is 15.2 Å². The van der Waals surface area contributed by atoms with E-state index in [1.54, 1.807) is 31.2 Å². The molecule has 0 amide bonds. The molecule has 0 aliphatic heterocycles. The number of pyridine rings is 1. The molecule has 0 aliphatic carbocycles. The molecule has 0 spiro atoms. The maximum atomic E-state index is 12.0. The van der Waals surface area contributed by atoms with Crippen molar-refractivity contribution in [3.63, 3.8) is 0 Å². The van der Waals surface area contributed by atoms with Gasteiger partial charge >= 0.3 is 6.08 Å². The number of nitrogens with zero attached hydrogens (tertiary/aromatic N) is 2. The normalized spacial score (nSPS) is 10.9. The monoisotopic (exact) mass is 291 g/mol. The molecule has 0 radical (unpaired) electrons. The standard InChI is InChI=1S/C13H10ClN3O3/c1-2-19-13-17-16-12(20-13)9-6-7-5-8(14)3-4-10(7)15-11(9)18/h3-6H,2H2,1H3,(H,15,18). The summed E-state index contributed by atoms with van der Waals surface area (Å²) < 4.78 is 10.4. The van der Waals surface area contributed by atoms with Crippen LogP contribution in [0.4, 0.5) is 0 Å². The van der Waals surface area contributed by atoms with Gasteiger partial charge in [-0.1, -0.05) is 16.7 Å². The smallest absolute Gasteiger partial charge is 0.414 e. The molecule has 1 aromatic carbocycles. The number of aromatic nitrogens is 3. The molecule has 7 heteroatoms. The van der Waals surface area contributed by atoms with Gasteiger partial charge in [0.25, 0.3) is 11.4 Å². The molecule has 0 saturated heterocycles. The van der Waals surface area contributed by atoms with Crippen LogP contribution in [0.5, 0.6) is 6.08 Å². The summed E-state index contributed by atoms with van der Waals surface area (Å²) in [7, 11) is 0. The van der Waals surface area contributed by atoms with Gasteiger partial charge in [0.2, 0.25) is 0 Å². The minimum absolute atomic E-state index is 0.0353. The molecule has 1 N–H and O–H groups in total. The number of nitrogens with one attached hydrogen (secondary N) is 1. The van der Waals surface area contributed by atoms with Gasteiger partial charge in [-0.05, 0) is 31.2 Å². The molecule has 20 heavy (non-hydrogen) atoms. The van der Waals surface area contributed by atoms with Gasteiger partial charge in [0.1, 0.15) is 5.56 Å². The molecule has 2 aromatic heterocycles. The van der Waals surface area contributed by atoms with Gasteiger partial charge in [0.15, 0.2) is 0 Å². The Morgan fingerprint density at radius 3 is 3.00 bits per heavy atom. The van der Waals surface area contributed by atoms with E-state index in [1.165, 1.54) is 0 Å². The van der Waals surface area contributed by atoms with Crippen LogP contribution in [-0.4, -0.2) is 21.8 Å². The molecular formula is C13H10ClN3O3. The fraction of sp³-hybridized carbons (Fsp3) is 0.154. The first-order chi connectivity index (χ1) is 9.67. The molecule has 3 aromatic rings. The van der Waals surface area contributed by atoms with E-state index in [9.17, 15) is 4.79 Å². The number of H-pyrrole nitrogens is 1. The maximum absolute atomic E-state index is 12.0. The Kier molecular flexibility index (Phi) is 3.15. The first-order valence-corrected chi connectivity index (χ1v) is 6.34. The summed E-state index contributed by atoms with van der Waals surface area (Å²) in [4.78, 5) is 14.8. The van der Waals surface area contributed by atoms with Crippen LogP contribution in [0.3, 0.4) is 0 Å². The summed E-state index contributed by atoms with van der Waals surface area (Å²) >= 11 is 5.94. The van der Waals surface area contributed by atoms with Gasteiger partial charge in [-0.3, -0.25) is 4.79 Å². The van der Waals surface area contributed by atoms with E-state index < -0.39 is 0 Å². The predicted octanol–water partition coefficient (Wildman–Crippen LogP) is 2.63. The zero-order valence-corrected chi connectivity index (χ0v) is 11.3. The van der Waals surface area contributed by atoms with Crippen LogP contribution in [0.1, 0.15) is 6.92 Å². The maximum Gasteiger partial charge on any atom is 0.414 e. The van der Waals surface area contributed by atoms with Crippen molar-refractivity contribution in [1.82, 2.24) is 15.2 Å². The van der Waals surface area contributed by atoms with Crippen molar-refractivity contribution in [3.8, 4) is 17.5 Å². The molecule has 0 aliphatic rings. The summed E-state index contributed by atoms with van der Waals surface area (Å²) in [5, 5.41) is 8.86. The van der Waals surface area contributed by atoms with Crippen LogP contribution in [0, 0.1) is 0 Å². The van der Waals surface area contributed by atoms with Crippen molar-refractivity contribution in [2.75, 3.05) is 6.61 Å². The molecular weight excluding hydrogens is 282 g/mol. The lowest BCUT2D eigenvalue weighted by atomic mass is 10.1. The number of ether oxygens (including phenoxy) is 1. The number of rotatable bonds is 3. The highest BCUT2D eigenvalue weighted by Crippen LogP contribution is 2.22. The fourth-order valence-corrected chi connectivity index (χ4v) is 2.02. The molecule has 0 atom stereocenters. The largest absolute Gasteiger partial charge is 0.449 e. The first-order valence-electron chi connectivity index (χ1n) is 5.96. The van der Waals surface area contributed by atoms with Crippen LogP contribution in [0.15, 0.2) is 33.5 Å². The van der Waals surface area contributed by atoms with Crippen LogP contribution >= 0.6 is 11.6 Å². The highest BCUT2D eigenvalue weighted by molar-refractivity contribution is 6.31. The topological polar surface area (TPSA) is 81.0 Å². The molecule has 3 rings (SSSR count). The van der Waals surface area contributed by atoms with Crippen molar-refractivity contribution in [2.24, 2.45) is 0 Å². The second kappa shape index (κ2) is 4.97. The molecule has 0 unspecified atom stereocenters. The first kappa shape index (κ1) is 12.7. The second-order valence-electron chi connectivity index (χ2n) is 4.05. The van der Waals surface area contributed by atoms with Gasteiger partial charge < -0.3 is 14.1 Å². The Labute approximate surface area is 118 Å². The van der Waals surface area contributed by atoms with E-state index in [0.717, 1.165) is 5.39 Å². The summed E-state index contributed by atoms with van der Waals surface area (Å²) in [6.07, 6.45) is 0.0353. The SMILES string of the molecule is CCOc1nnc(-c2cc3cc(Cl)ccc3[nH]c2=O)o1. The van der Waals surface area contributed by atoms with Gasteiger partial charge in [-0.15, -0.1) is 5.10 Å². The number of hydrogen-bond acceptors (Lipinski definition) is 5. The molecule has 6 nitrogen and oxygen atoms in total. The molecule has 102 valence electrons. The van der Waals surface area contributed by atoms with Crippen LogP contribution < -0.4 is 10.3 Å². The van der Waals surface area contributed by atoms with Crippen LogP contribution in [0.25, 0.3) is 22.4 Å². The van der Waals surface area contributed by atoms with Gasteiger partial charge in [-0.25, -0.2) is 0 Å². The van der Waals surface area contributed by atoms with Crippen molar-refractivity contribution in [1.29, 1.82) is 0 Å². The lowest BCUT2D eigenvalue weighted by Crippen LogP contribution is -2.08. The zero-order chi connectivity index (χ0) is 14.1. The van der Waals surface area contributed by atoms with Crippen molar-refractivity contribution >= 4 is 22.5 Å². The summed E-state index contributed by atoms with van der Waals surface area (Å²) in [5.74, 6) is 0.108. The zero-order valence-electron chi connectivity index (χ0n) is 10.5. The van der Waals surface area contributed by atoms with E-state index in [0.29, 0.717) is 17.1 Å². The Bertz CT molecular complexity index is 825. The quantitative estimate of drug-likeness (QED) is 0.802. The Hall–Kier alpha value is -2.34. The highest BCUT2D eigenvalue weighted by Gasteiger charge is 2.14. The van der Waals surface area contributed by atoms with Gasteiger partial charge in [0, 0.05) is 15.9 Å². The molecule has 0 bridgehead atoms. The van der Waals surface area contributed by atoms with Crippen molar-refractivity contribution in [3.05, 3.63) is 39.6 Å². The Morgan fingerprint density at radius 1 is 1.35 bits per heavy atom. The third-order valence-corrected chi connectivity index (χ3v) is 2.95. The number of hydrogen-bond donors (Lipinski definition) is 1. The predicted molar refractivity (Wildman–Crippen MR) is 74.0 cm³/mol. The van der Waals surface area contributed by atoms with Crippen LogP contribution in [-0.2, 0) is 0 Å². The summed E-state index contributed by atoms with van der Waals surface area (Å²) in [6.45, 7) is 2.21. The second-order valence-corrected chi connectivity index (χ2v) is 4.49. The third kappa shape index (κ3) is 2.25. The van der Waals surface area contributed by atoms with Gasteiger partial charge in [0.05, 0.1) is 6.61 Å². The minimum atomic E-state index is -0.313. The van der Waals surface area contributed by atoms with E-state index in [4.69, 9.17) is 20.8 Å². The Balaban J connectivity index is 2.14. The van der Waals surface area contributed by atoms with E-state index in [-0.39, 0.29) is 23.1 Å². The summed E-state index contributed by atoms with van der Waals surface area (Å²) in [5.41, 5.74) is 0.650. The van der Waals surface area contributed by atoms with Crippen molar-refractivity contribution in [2.45, 2.75) is 6.92 Å². The van der Waals surface area contributed by atoms with E-state index in [1.807, 2.05) is 0 Å². The summed E-state index contributed by atoms with van der Waals surface area (Å²) in [6, 6.07) is 6.85. The van der Waals surface area contributed by atoms with Crippen molar-refractivity contribution < 1.29 is 9.15 Å². The number of fused-ring (bicyclic) bond motifs is 1. The Morgan fingerprint density at radius 2 is 2.20 bits per heavy atom. The van der Waals surface area contributed by atoms with Crippen LogP contribution in [0.2, 0.25) is 5.02 Å². The average Bonchev–Trinajstić information content (AvgIpc) is 2.87. The van der Waals surface area contributed by atoms with Gasteiger partial charge in [-0.2, -0.15) is 0 Å². The molecule has 0 saturated carbocycles. The fourth-order valence-electron chi connectivity index (χ4n) is 1.84. The molecule has 0 fully saturated rings. The average molecular weight is 292 g/mol. The third-order valence-electron chi connectivity index (χ3n) is 2.71. The molecule has 2 heterocycles. The van der Waals surface area contributed by atoms with E-state index >= 15 is 0 Å². The number of halogens is 1. The number of aromatic amines is 1. The minimum Gasteiger partial charge on any atom is -0.449 e. The lowest BCUT2D eigenvalue weighted by molar-refractivity contribution is 0.246. The number of benzene rings is 1. The highest BCUT2D eigenvalue weighted by atomic mass is 35.5.